The molecule has 0 saturated heterocycles. The van der Waals surface area contributed by atoms with Crippen LogP contribution in [0.1, 0.15) is 5.56 Å². The van der Waals surface area contributed by atoms with Crippen molar-refractivity contribution in [2.45, 2.75) is 6.18 Å². The Morgan fingerprint density at radius 1 is 1.17 bits per heavy atom. The Morgan fingerprint density at radius 3 is 2.17 bits per heavy atom. The van der Waals surface area contributed by atoms with E-state index in [1.807, 2.05) is 0 Å². The average Bonchev–Trinajstić information content (AvgIpc) is 2.03. The fourth-order valence-corrected chi connectivity index (χ4v) is 3.40. The van der Waals surface area contributed by atoms with Gasteiger partial charge in [-0.15, -0.1) is 0 Å². The van der Waals surface area contributed by atoms with Crippen LogP contribution in [0, 0.1) is 0 Å². The van der Waals surface area contributed by atoms with Crippen molar-refractivity contribution in [2.24, 2.45) is 0 Å². The molecule has 1 rings (SSSR count). The van der Waals surface area contributed by atoms with Gasteiger partial charge in [-0.25, -0.2) is 0 Å². The minimum absolute atomic E-state index is 0.168. The van der Waals surface area contributed by atoms with Crippen molar-refractivity contribution in [1.82, 2.24) is 0 Å². The Kier molecular flexibility index (Phi) is 3.24. The third-order valence-electron chi connectivity index (χ3n) is 1.29. The first kappa shape index (κ1) is 10.1. The van der Waals surface area contributed by atoms with Crippen molar-refractivity contribution in [3.63, 3.8) is 0 Å². The molecule has 0 unspecified atom stereocenters. The monoisotopic (exact) mass is 306 g/mol. The number of hydrogen-bond acceptors (Lipinski definition) is 0. The summed E-state index contributed by atoms with van der Waals surface area (Å²) >= 11 is 2.04. The van der Waals surface area contributed by atoms with E-state index >= 15 is 0 Å². The molecule has 0 aliphatic carbocycles. The van der Waals surface area contributed by atoms with Crippen molar-refractivity contribution < 1.29 is 13.2 Å². The van der Waals surface area contributed by atoms with Gasteiger partial charge < -0.3 is 0 Å². The molecule has 0 N–H and O–H groups in total. The van der Waals surface area contributed by atoms with Gasteiger partial charge in [-0.05, 0) is 0 Å². The van der Waals surface area contributed by atoms with E-state index in [9.17, 15) is 13.2 Å². The van der Waals surface area contributed by atoms with Gasteiger partial charge >= 0.3 is 81.0 Å². The first-order valence-corrected chi connectivity index (χ1v) is 8.63. The summed E-state index contributed by atoms with van der Waals surface area (Å²) in [6.07, 6.45) is -4.21. The van der Waals surface area contributed by atoms with Gasteiger partial charge in [0, 0.05) is 0 Å². The molecule has 0 saturated carbocycles. The number of benzene rings is 1. The van der Waals surface area contributed by atoms with Crippen LogP contribution >= 0.6 is 0 Å². The molecular formula is C7H5F3Se2. The molecule has 0 amide bonds. The molecule has 12 heavy (non-hydrogen) atoms. The number of hydrogen-bond donors (Lipinski definition) is 0. The SMILES string of the molecule is FC(F)(F)c1ccccc1[Se][SeH]. The maximum atomic E-state index is 12.2. The van der Waals surface area contributed by atoms with E-state index in [-0.39, 0.29) is 13.1 Å². The van der Waals surface area contributed by atoms with Gasteiger partial charge in [0.2, 0.25) is 0 Å². The minimum atomic E-state index is -4.21. The summed E-state index contributed by atoms with van der Waals surface area (Å²) in [5.41, 5.74) is -0.509. The van der Waals surface area contributed by atoms with Crippen LogP contribution in [0.5, 0.6) is 0 Å². The third-order valence-corrected chi connectivity index (χ3v) is 4.59. The van der Waals surface area contributed by atoms with Crippen LogP contribution < -0.4 is 4.46 Å². The zero-order valence-electron chi connectivity index (χ0n) is 5.80. The summed E-state index contributed by atoms with van der Waals surface area (Å²) in [5, 5.41) is 0. The molecule has 5 heteroatoms. The second-order valence-corrected chi connectivity index (χ2v) is 5.38. The summed E-state index contributed by atoms with van der Waals surface area (Å²) in [5.74, 6) is 0. The second-order valence-electron chi connectivity index (χ2n) is 2.09. The van der Waals surface area contributed by atoms with Gasteiger partial charge in [0.25, 0.3) is 0 Å². The molecular weight excluding hydrogens is 299 g/mol. The van der Waals surface area contributed by atoms with Crippen molar-refractivity contribution in [3.05, 3.63) is 29.8 Å². The summed E-state index contributed by atoms with van der Waals surface area (Å²) < 4.78 is 37.1. The molecule has 0 atom stereocenters. The van der Waals surface area contributed by atoms with E-state index in [2.05, 4.69) is 14.2 Å². The summed E-state index contributed by atoms with van der Waals surface area (Å²) in [6, 6.07) is 5.66. The molecule has 0 aliphatic heterocycles. The molecule has 0 radical (unpaired) electrons. The Balaban J connectivity index is 3.14. The van der Waals surface area contributed by atoms with Crippen LogP contribution in [0.25, 0.3) is 0 Å². The average molecular weight is 304 g/mol. The molecule has 0 fully saturated rings. The zero-order valence-corrected chi connectivity index (χ0v) is 9.39. The Morgan fingerprint density at radius 2 is 1.75 bits per heavy atom. The normalized spacial score (nSPS) is 11.7. The van der Waals surface area contributed by atoms with E-state index in [1.165, 1.54) is 12.1 Å². The van der Waals surface area contributed by atoms with Gasteiger partial charge in [0.1, 0.15) is 0 Å². The molecule has 0 aromatic heterocycles. The van der Waals surface area contributed by atoms with Crippen LogP contribution in [-0.4, -0.2) is 27.3 Å². The number of rotatable bonds is 1. The summed E-state index contributed by atoms with van der Waals surface area (Å²) in [4.78, 5) is 0. The first-order valence-electron chi connectivity index (χ1n) is 3.03. The Hall–Kier alpha value is 0.0490. The summed E-state index contributed by atoms with van der Waals surface area (Å²) in [7, 11) is 0. The molecule has 0 bridgehead atoms. The van der Waals surface area contributed by atoms with Crippen LogP contribution in [-0.2, 0) is 6.18 Å². The maximum absolute atomic E-state index is 12.2. The van der Waals surface area contributed by atoms with Crippen LogP contribution in [0.15, 0.2) is 24.3 Å². The van der Waals surface area contributed by atoms with Crippen LogP contribution in [0.3, 0.4) is 0 Å². The van der Waals surface area contributed by atoms with Gasteiger partial charge in [0.05, 0.1) is 0 Å². The van der Waals surface area contributed by atoms with Crippen LogP contribution in [0.4, 0.5) is 13.2 Å². The topological polar surface area (TPSA) is 0 Å². The van der Waals surface area contributed by atoms with E-state index in [1.54, 1.807) is 6.07 Å². The molecule has 66 valence electrons. The quantitative estimate of drug-likeness (QED) is 0.675. The predicted molar refractivity (Wildman–Crippen MR) is 44.0 cm³/mol. The zero-order chi connectivity index (χ0) is 9.19. The predicted octanol–water partition coefficient (Wildman–Crippen LogP) is 0.851. The van der Waals surface area contributed by atoms with Gasteiger partial charge in [-0.1, -0.05) is 0 Å². The molecule has 0 nitrogen and oxygen atoms in total. The fourth-order valence-electron chi connectivity index (χ4n) is 0.780. The van der Waals surface area contributed by atoms with Crippen LogP contribution in [0.2, 0.25) is 0 Å². The van der Waals surface area contributed by atoms with Crippen molar-refractivity contribution >= 4 is 31.8 Å². The van der Waals surface area contributed by atoms with E-state index in [4.69, 9.17) is 0 Å². The van der Waals surface area contributed by atoms with Gasteiger partial charge in [-0.2, -0.15) is 0 Å². The molecule has 0 spiro atoms. The standard InChI is InChI=1S/C7H5F3Se2/c8-7(9,10)5-3-1-2-4-6(5)12-11/h1-4,11H. The van der Waals surface area contributed by atoms with E-state index in [0.29, 0.717) is 4.46 Å². The Labute approximate surface area is 81.1 Å². The third kappa shape index (κ3) is 2.27. The number of alkyl halides is 3. The van der Waals surface area contributed by atoms with E-state index < -0.39 is 11.7 Å². The first-order chi connectivity index (χ1) is 5.55. The molecule has 0 heterocycles. The number of halogens is 3. The van der Waals surface area contributed by atoms with Crippen molar-refractivity contribution in [1.29, 1.82) is 0 Å². The molecule has 1 aromatic rings. The summed E-state index contributed by atoms with van der Waals surface area (Å²) in [6.45, 7) is 0. The Bertz CT molecular complexity index is 270. The van der Waals surface area contributed by atoms with Crippen molar-refractivity contribution in [2.75, 3.05) is 0 Å². The molecule has 1 aromatic carbocycles. The van der Waals surface area contributed by atoms with Gasteiger partial charge in [0.15, 0.2) is 0 Å². The van der Waals surface area contributed by atoms with Gasteiger partial charge in [-0.3, -0.25) is 0 Å². The molecule has 0 aliphatic rings. The van der Waals surface area contributed by atoms with E-state index in [0.717, 1.165) is 6.07 Å². The van der Waals surface area contributed by atoms with Crippen molar-refractivity contribution in [3.8, 4) is 0 Å². The fraction of sp³-hybridized carbons (Fsp3) is 0.143. The second kappa shape index (κ2) is 3.84.